The zero-order valence-corrected chi connectivity index (χ0v) is 18.5. The lowest BCUT2D eigenvalue weighted by Crippen LogP contribution is -2.41. The predicted molar refractivity (Wildman–Crippen MR) is 113 cm³/mol. The van der Waals surface area contributed by atoms with Gasteiger partial charge in [-0.3, -0.25) is 19.5 Å². The number of aromatic amines is 1. The second-order valence-electron chi connectivity index (χ2n) is 9.82. The van der Waals surface area contributed by atoms with Crippen molar-refractivity contribution in [1.82, 2.24) is 24.4 Å². The first-order valence-electron chi connectivity index (χ1n) is 10.8. The van der Waals surface area contributed by atoms with Crippen LogP contribution in [-0.2, 0) is 22.6 Å². The molecule has 1 saturated heterocycles. The van der Waals surface area contributed by atoms with Crippen LogP contribution in [0, 0.1) is 11.3 Å². The second kappa shape index (κ2) is 7.25. The molecule has 0 radical (unpaired) electrons. The van der Waals surface area contributed by atoms with E-state index in [0.29, 0.717) is 36.4 Å². The van der Waals surface area contributed by atoms with Crippen molar-refractivity contribution in [2.75, 3.05) is 13.1 Å². The number of likely N-dealkylation sites (tertiary alicyclic amines) is 1. The molecule has 0 aliphatic carbocycles. The molecule has 8 heteroatoms. The van der Waals surface area contributed by atoms with Gasteiger partial charge >= 0.3 is 0 Å². The highest BCUT2D eigenvalue weighted by atomic mass is 16.2. The quantitative estimate of drug-likeness (QED) is 0.818. The fourth-order valence-corrected chi connectivity index (χ4v) is 4.50. The summed E-state index contributed by atoms with van der Waals surface area (Å²) in [6.07, 6.45) is 2.31. The SMILES string of the molecule is CC(C)C(=O)N1CCc2c(nc3cc([C@H]4CCCN4C(=O)C(C)(C)C)[nH]n3c2=O)C1. The van der Waals surface area contributed by atoms with Crippen molar-refractivity contribution in [3.63, 3.8) is 0 Å². The average Bonchev–Trinajstić information content (AvgIpc) is 3.32. The molecule has 0 aromatic carbocycles. The summed E-state index contributed by atoms with van der Waals surface area (Å²) >= 11 is 0. The second-order valence-corrected chi connectivity index (χ2v) is 9.82. The van der Waals surface area contributed by atoms with Crippen LogP contribution in [0.1, 0.15) is 70.5 Å². The van der Waals surface area contributed by atoms with Gasteiger partial charge in [0.1, 0.15) is 0 Å². The van der Waals surface area contributed by atoms with Gasteiger partial charge in [0.2, 0.25) is 11.8 Å². The number of aromatic nitrogens is 3. The van der Waals surface area contributed by atoms with Gasteiger partial charge < -0.3 is 9.80 Å². The molecule has 162 valence electrons. The summed E-state index contributed by atoms with van der Waals surface area (Å²) in [7, 11) is 0. The van der Waals surface area contributed by atoms with Gasteiger partial charge in [0.25, 0.3) is 5.56 Å². The maximum Gasteiger partial charge on any atom is 0.276 e. The number of rotatable bonds is 2. The largest absolute Gasteiger partial charge is 0.336 e. The first kappa shape index (κ1) is 20.6. The lowest BCUT2D eigenvalue weighted by atomic mass is 9.94. The van der Waals surface area contributed by atoms with E-state index in [1.54, 1.807) is 4.90 Å². The van der Waals surface area contributed by atoms with E-state index in [4.69, 9.17) is 4.98 Å². The van der Waals surface area contributed by atoms with Crippen molar-refractivity contribution >= 4 is 17.5 Å². The molecule has 0 unspecified atom stereocenters. The van der Waals surface area contributed by atoms with Crippen molar-refractivity contribution in [2.24, 2.45) is 11.3 Å². The van der Waals surface area contributed by atoms with Crippen LogP contribution in [0.15, 0.2) is 10.9 Å². The van der Waals surface area contributed by atoms with E-state index in [2.05, 4.69) is 5.10 Å². The highest BCUT2D eigenvalue weighted by molar-refractivity contribution is 5.82. The van der Waals surface area contributed by atoms with E-state index >= 15 is 0 Å². The number of hydrogen-bond acceptors (Lipinski definition) is 4. The minimum absolute atomic E-state index is 0.0751. The Morgan fingerprint density at radius 3 is 2.63 bits per heavy atom. The average molecular weight is 414 g/mol. The predicted octanol–water partition coefficient (Wildman–Crippen LogP) is 2.27. The maximum atomic E-state index is 13.1. The van der Waals surface area contributed by atoms with Crippen molar-refractivity contribution in [1.29, 1.82) is 0 Å². The summed E-state index contributed by atoms with van der Waals surface area (Å²) in [5.74, 6) is 0.120. The van der Waals surface area contributed by atoms with Crippen LogP contribution in [0.5, 0.6) is 0 Å². The topological polar surface area (TPSA) is 90.8 Å². The fraction of sp³-hybridized carbons (Fsp3) is 0.636. The minimum Gasteiger partial charge on any atom is -0.336 e. The zero-order valence-electron chi connectivity index (χ0n) is 18.5. The third kappa shape index (κ3) is 3.42. The number of carbonyl (C=O) groups excluding carboxylic acids is 2. The standard InChI is InChI=1S/C22H31N5O3/c1-13(2)19(28)25-10-8-14-16(12-25)23-18-11-15(24-27(18)20(14)29)17-7-6-9-26(17)21(30)22(3,4)5/h11,13,17,24H,6-10,12H2,1-5H3/t17-/m1/s1. The third-order valence-electron chi connectivity index (χ3n) is 6.11. The van der Waals surface area contributed by atoms with Crippen LogP contribution in [0.4, 0.5) is 0 Å². The first-order chi connectivity index (χ1) is 14.1. The van der Waals surface area contributed by atoms with Gasteiger partial charge in [-0.25, -0.2) is 9.50 Å². The van der Waals surface area contributed by atoms with E-state index in [9.17, 15) is 14.4 Å². The number of nitrogens with one attached hydrogen (secondary N) is 1. The van der Waals surface area contributed by atoms with Crippen LogP contribution in [0.3, 0.4) is 0 Å². The van der Waals surface area contributed by atoms with Crippen LogP contribution < -0.4 is 5.56 Å². The van der Waals surface area contributed by atoms with E-state index < -0.39 is 5.41 Å². The molecule has 30 heavy (non-hydrogen) atoms. The molecule has 0 saturated carbocycles. The summed E-state index contributed by atoms with van der Waals surface area (Å²) < 4.78 is 1.49. The van der Waals surface area contributed by atoms with Gasteiger partial charge in [-0.05, 0) is 19.3 Å². The molecule has 2 aromatic rings. The van der Waals surface area contributed by atoms with E-state index in [-0.39, 0.29) is 29.3 Å². The fourth-order valence-electron chi connectivity index (χ4n) is 4.50. The Kier molecular flexibility index (Phi) is 4.98. The lowest BCUT2D eigenvalue weighted by Gasteiger charge is -2.30. The first-order valence-corrected chi connectivity index (χ1v) is 10.8. The third-order valence-corrected chi connectivity index (χ3v) is 6.11. The van der Waals surface area contributed by atoms with Gasteiger partial charge in [-0.2, -0.15) is 0 Å². The summed E-state index contributed by atoms with van der Waals surface area (Å²) in [6, 6.07) is 1.80. The Balaban J connectivity index is 1.69. The molecule has 8 nitrogen and oxygen atoms in total. The molecule has 0 bridgehead atoms. The lowest BCUT2D eigenvalue weighted by molar-refractivity contribution is -0.140. The maximum absolute atomic E-state index is 13.1. The van der Waals surface area contributed by atoms with Gasteiger partial charge in [0.05, 0.1) is 24.0 Å². The normalized spacial score (nSPS) is 19.6. The summed E-state index contributed by atoms with van der Waals surface area (Å²) in [6.45, 7) is 11.2. The van der Waals surface area contributed by atoms with Crippen LogP contribution >= 0.6 is 0 Å². The number of amides is 2. The highest BCUT2D eigenvalue weighted by Crippen LogP contribution is 2.35. The Labute approximate surface area is 176 Å². The molecule has 2 aliphatic heterocycles. The van der Waals surface area contributed by atoms with E-state index in [1.165, 1.54) is 4.52 Å². The number of hydrogen-bond donors (Lipinski definition) is 1. The van der Waals surface area contributed by atoms with Gasteiger partial charge in [0, 0.05) is 36.1 Å². The van der Waals surface area contributed by atoms with Gasteiger partial charge in [0.15, 0.2) is 5.65 Å². The number of nitrogens with zero attached hydrogens (tertiary/aromatic N) is 4. The van der Waals surface area contributed by atoms with Gasteiger partial charge in [-0.1, -0.05) is 34.6 Å². The van der Waals surface area contributed by atoms with E-state index in [0.717, 1.165) is 25.1 Å². The van der Waals surface area contributed by atoms with E-state index in [1.807, 2.05) is 45.6 Å². The number of carbonyl (C=O) groups is 2. The van der Waals surface area contributed by atoms with Crippen LogP contribution in [-0.4, -0.2) is 49.3 Å². The molecule has 4 heterocycles. The number of H-pyrrole nitrogens is 1. The molecular formula is C22H31N5O3. The summed E-state index contributed by atoms with van der Waals surface area (Å²) in [5.41, 5.74) is 2.18. The Bertz CT molecular complexity index is 1060. The molecule has 2 amide bonds. The van der Waals surface area contributed by atoms with Crippen LogP contribution in [0.2, 0.25) is 0 Å². The molecular weight excluding hydrogens is 382 g/mol. The minimum atomic E-state index is -0.449. The van der Waals surface area contributed by atoms with Crippen molar-refractivity contribution in [2.45, 2.75) is 66.5 Å². The highest BCUT2D eigenvalue weighted by Gasteiger charge is 2.37. The zero-order chi connectivity index (χ0) is 21.8. The molecule has 4 rings (SSSR count). The molecule has 1 N–H and O–H groups in total. The molecule has 1 atom stereocenters. The number of fused-ring (bicyclic) bond motifs is 2. The van der Waals surface area contributed by atoms with Crippen molar-refractivity contribution in [3.05, 3.63) is 33.4 Å². The monoisotopic (exact) mass is 413 g/mol. The van der Waals surface area contributed by atoms with Crippen molar-refractivity contribution in [3.8, 4) is 0 Å². The summed E-state index contributed by atoms with van der Waals surface area (Å²) in [4.78, 5) is 46.8. The Morgan fingerprint density at radius 2 is 1.97 bits per heavy atom. The molecule has 1 fully saturated rings. The smallest absolute Gasteiger partial charge is 0.276 e. The summed E-state index contributed by atoms with van der Waals surface area (Å²) in [5, 5.41) is 3.21. The van der Waals surface area contributed by atoms with Crippen LogP contribution in [0.25, 0.3) is 5.65 Å². The molecule has 0 spiro atoms. The van der Waals surface area contributed by atoms with Crippen molar-refractivity contribution < 1.29 is 9.59 Å². The molecule has 2 aliphatic rings. The van der Waals surface area contributed by atoms with Gasteiger partial charge in [-0.15, -0.1) is 0 Å². The Hall–Kier alpha value is -2.64. The molecule has 2 aromatic heterocycles. The Morgan fingerprint density at radius 1 is 1.23 bits per heavy atom.